The van der Waals surface area contributed by atoms with Crippen LogP contribution in [0.2, 0.25) is 15.1 Å². The molecule has 2 aromatic carbocycles. The summed E-state index contributed by atoms with van der Waals surface area (Å²) in [4.78, 5) is 17.1. The highest BCUT2D eigenvalue weighted by molar-refractivity contribution is 6.35. The van der Waals surface area contributed by atoms with Crippen LogP contribution in [0.25, 0.3) is 0 Å². The molecule has 5 nitrogen and oxygen atoms in total. The van der Waals surface area contributed by atoms with Crippen molar-refractivity contribution in [3.05, 3.63) is 87.4 Å². The van der Waals surface area contributed by atoms with Gasteiger partial charge in [-0.05, 0) is 35.7 Å². The molecule has 3 aromatic rings. The van der Waals surface area contributed by atoms with Crippen LogP contribution >= 0.6 is 34.8 Å². The van der Waals surface area contributed by atoms with Gasteiger partial charge >= 0.3 is 5.97 Å². The Labute approximate surface area is 196 Å². The summed E-state index contributed by atoms with van der Waals surface area (Å²) in [6.07, 6.45) is 4.88. The van der Waals surface area contributed by atoms with Crippen molar-refractivity contribution < 1.29 is 14.6 Å². The number of ether oxygens (including phenoxy) is 1. The Balaban J connectivity index is 1.86. The zero-order valence-corrected chi connectivity index (χ0v) is 19.4. The van der Waals surface area contributed by atoms with E-state index < -0.39 is 17.5 Å². The Morgan fingerprint density at radius 3 is 2.39 bits per heavy atom. The number of carbonyl (C=O) groups excluding carboxylic acids is 1. The molecule has 0 radical (unpaired) electrons. The van der Waals surface area contributed by atoms with E-state index in [0.717, 1.165) is 5.56 Å². The summed E-state index contributed by atoms with van der Waals surface area (Å²) in [5.41, 5.74) is -0.376. The molecule has 0 aliphatic carbocycles. The maximum atomic E-state index is 13.0. The minimum Gasteiger partial charge on any atom is -0.462 e. The van der Waals surface area contributed by atoms with Crippen LogP contribution < -0.4 is 0 Å². The standard InChI is InChI=1S/C23H23Cl3N2O3/c1-15(2)21(16-3-5-17(24)6-4-16)22(29)31-13-23(30,12-28-10-9-27-14-28)19-8-7-18(25)11-20(19)26/h3-11,14-15,21,30H,12-13H2,1-2H3. The molecule has 2 unspecified atom stereocenters. The number of hydrogen-bond donors (Lipinski definition) is 1. The lowest BCUT2D eigenvalue weighted by atomic mass is 9.88. The van der Waals surface area contributed by atoms with E-state index in [9.17, 15) is 9.90 Å². The van der Waals surface area contributed by atoms with Gasteiger partial charge in [0.1, 0.15) is 12.2 Å². The molecule has 1 aromatic heterocycles. The van der Waals surface area contributed by atoms with Crippen LogP contribution in [0.1, 0.15) is 30.9 Å². The topological polar surface area (TPSA) is 64.3 Å². The van der Waals surface area contributed by atoms with E-state index in [1.807, 2.05) is 26.0 Å². The van der Waals surface area contributed by atoms with Crippen LogP contribution in [0.4, 0.5) is 0 Å². The first-order valence-electron chi connectivity index (χ1n) is 9.75. The Bertz CT molecular complexity index is 1020. The molecular formula is C23H23Cl3N2O3. The van der Waals surface area contributed by atoms with Gasteiger partial charge in [-0.2, -0.15) is 0 Å². The quantitative estimate of drug-likeness (QED) is 0.418. The first-order valence-corrected chi connectivity index (χ1v) is 10.9. The molecule has 0 aliphatic rings. The van der Waals surface area contributed by atoms with E-state index in [0.29, 0.717) is 15.6 Å². The second-order valence-electron chi connectivity index (χ2n) is 7.77. The zero-order valence-electron chi connectivity index (χ0n) is 17.1. The van der Waals surface area contributed by atoms with Crippen LogP contribution in [0.5, 0.6) is 0 Å². The van der Waals surface area contributed by atoms with E-state index in [-0.39, 0.29) is 24.1 Å². The maximum Gasteiger partial charge on any atom is 0.313 e. The minimum atomic E-state index is -1.58. The van der Waals surface area contributed by atoms with Crippen LogP contribution in [0.15, 0.2) is 61.2 Å². The van der Waals surface area contributed by atoms with Gasteiger partial charge in [0.25, 0.3) is 0 Å². The molecule has 0 saturated heterocycles. The highest BCUT2D eigenvalue weighted by Gasteiger charge is 2.36. The minimum absolute atomic E-state index is 0.0189. The number of aliphatic hydroxyl groups is 1. The van der Waals surface area contributed by atoms with Crippen LogP contribution in [0, 0.1) is 5.92 Å². The summed E-state index contributed by atoms with van der Waals surface area (Å²) in [5.74, 6) is -0.962. The Hall–Kier alpha value is -2.05. The summed E-state index contributed by atoms with van der Waals surface area (Å²) in [6.45, 7) is 3.68. The molecule has 0 amide bonds. The smallest absolute Gasteiger partial charge is 0.313 e. The summed E-state index contributed by atoms with van der Waals surface area (Å²) < 4.78 is 7.35. The van der Waals surface area contributed by atoms with Gasteiger partial charge in [0.15, 0.2) is 0 Å². The van der Waals surface area contributed by atoms with Crippen molar-refractivity contribution in [3.8, 4) is 0 Å². The van der Waals surface area contributed by atoms with Crippen molar-refractivity contribution in [1.29, 1.82) is 0 Å². The molecular weight excluding hydrogens is 459 g/mol. The van der Waals surface area contributed by atoms with Crippen molar-refractivity contribution in [1.82, 2.24) is 9.55 Å². The molecule has 31 heavy (non-hydrogen) atoms. The number of halogens is 3. The number of hydrogen-bond acceptors (Lipinski definition) is 4. The summed E-state index contributed by atoms with van der Waals surface area (Å²) in [6, 6.07) is 11.9. The van der Waals surface area contributed by atoms with E-state index in [1.165, 1.54) is 0 Å². The number of rotatable bonds is 8. The molecule has 1 N–H and O–H groups in total. The van der Waals surface area contributed by atoms with Gasteiger partial charge in [0.05, 0.1) is 18.8 Å². The Morgan fingerprint density at radius 2 is 1.81 bits per heavy atom. The predicted octanol–water partition coefficient (Wildman–Crippen LogP) is 5.71. The molecule has 3 rings (SSSR count). The average Bonchev–Trinajstić information content (AvgIpc) is 3.20. The van der Waals surface area contributed by atoms with Crippen LogP contribution in [-0.2, 0) is 21.7 Å². The van der Waals surface area contributed by atoms with Crippen molar-refractivity contribution >= 4 is 40.8 Å². The second-order valence-corrected chi connectivity index (χ2v) is 9.05. The molecule has 0 spiro atoms. The lowest BCUT2D eigenvalue weighted by Gasteiger charge is -2.30. The number of aromatic nitrogens is 2. The van der Waals surface area contributed by atoms with Crippen molar-refractivity contribution in [2.75, 3.05) is 6.61 Å². The van der Waals surface area contributed by atoms with Crippen molar-refractivity contribution in [3.63, 3.8) is 0 Å². The van der Waals surface area contributed by atoms with Gasteiger partial charge in [0.2, 0.25) is 0 Å². The lowest BCUT2D eigenvalue weighted by molar-refractivity contribution is -0.156. The number of esters is 1. The fourth-order valence-corrected chi connectivity index (χ4v) is 4.21. The van der Waals surface area contributed by atoms with E-state index >= 15 is 0 Å². The molecule has 2 atom stereocenters. The van der Waals surface area contributed by atoms with Gasteiger partial charge in [-0.1, -0.05) is 66.8 Å². The summed E-state index contributed by atoms with van der Waals surface area (Å²) >= 11 is 18.4. The lowest BCUT2D eigenvalue weighted by Crippen LogP contribution is -2.38. The largest absolute Gasteiger partial charge is 0.462 e. The molecule has 8 heteroatoms. The average molecular weight is 482 g/mol. The van der Waals surface area contributed by atoms with Crippen molar-refractivity contribution in [2.24, 2.45) is 5.92 Å². The predicted molar refractivity (Wildman–Crippen MR) is 123 cm³/mol. The van der Waals surface area contributed by atoms with E-state index in [2.05, 4.69) is 4.98 Å². The second kappa shape index (κ2) is 10.0. The molecule has 1 heterocycles. The number of imidazole rings is 1. The fraction of sp³-hybridized carbons (Fsp3) is 0.304. The van der Waals surface area contributed by atoms with E-state index in [4.69, 9.17) is 39.5 Å². The first-order chi connectivity index (χ1) is 14.7. The number of carbonyl (C=O) groups is 1. The van der Waals surface area contributed by atoms with Crippen molar-refractivity contribution in [2.45, 2.75) is 31.9 Å². The van der Waals surface area contributed by atoms with Gasteiger partial charge in [-0.3, -0.25) is 4.79 Å². The third-order valence-electron chi connectivity index (χ3n) is 5.04. The normalized spacial score (nSPS) is 14.3. The third-order valence-corrected chi connectivity index (χ3v) is 5.84. The van der Waals surface area contributed by atoms with Gasteiger partial charge in [-0.25, -0.2) is 4.98 Å². The third kappa shape index (κ3) is 5.80. The maximum absolute atomic E-state index is 13.0. The fourth-order valence-electron chi connectivity index (χ4n) is 3.50. The van der Waals surface area contributed by atoms with Crippen LogP contribution in [0.3, 0.4) is 0 Å². The summed E-state index contributed by atoms with van der Waals surface area (Å²) in [7, 11) is 0. The number of nitrogens with zero attached hydrogens (tertiary/aromatic N) is 2. The van der Waals surface area contributed by atoms with Gasteiger partial charge < -0.3 is 14.4 Å². The van der Waals surface area contributed by atoms with Gasteiger partial charge in [0, 0.05) is 33.0 Å². The zero-order chi connectivity index (χ0) is 22.6. The molecule has 0 saturated carbocycles. The molecule has 0 bridgehead atoms. The summed E-state index contributed by atoms with van der Waals surface area (Å²) in [5, 5.41) is 12.8. The molecule has 0 fully saturated rings. The monoisotopic (exact) mass is 480 g/mol. The molecule has 0 aliphatic heterocycles. The number of benzene rings is 2. The highest BCUT2D eigenvalue weighted by atomic mass is 35.5. The van der Waals surface area contributed by atoms with Crippen LogP contribution in [-0.4, -0.2) is 27.2 Å². The van der Waals surface area contributed by atoms with E-state index in [1.54, 1.807) is 53.6 Å². The Morgan fingerprint density at radius 1 is 1.13 bits per heavy atom. The Kier molecular flexibility index (Phi) is 7.65. The molecule has 164 valence electrons. The SMILES string of the molecule is CC(C)C(C(=O)OCC(O)(Cn1ccnc1)c1ccc(Cl)cc1Cl)c1ccc(Cl)cc1. The first kappa shape index (κ1) is 23.6. The van der Waals surface area contributed by atoms with Gasteiger partial charge in [-0.15, -0.1) is 0 Å². The highest BCUT2D eigenvalue weighted by Crippen LogP contribution is 2.34.